The van der Waals surface area contributed by atoms with Gasteiger partial charge in [-0.2, -0.15) is 10.5 Å². The largest absolute Gasteiger partial charge is 0.198 e. The Morgan fingerprint density at radius 1 is 1.07 bits per heavy atom. The third kappa shape index (κ3) is 3.32. The topological polar surface area (TPSA) is 47.6 Å². The van der Waals surface area contributed by atoms with Gasteiger partial charge in [-0.1, -0.05) is 6.07 Å². The Balaban J connectivity index is 3.12. The quantitative estimate of drug-likeness (QED) is 0.697. The van der Waals surface area contributed by atoms with Gasteiger partial charge in [0.15, 0.2) is 0 Å². The van der Waals surface area contributed by atoms with Crippen LogP contribution in [0.25, 0.3) is 0 Å². The van der Waals surface area contributed by atoms with Gasteiger partial charge in [0, 0.05) is 25.9 Å². The van der Waals surface area contributed by atoms with E-state index in [2.05, 4.69) is 57.3 Å². The van der Waals surface area contributed by atoms with Gasteiger partial charge in [0.1, 0.15) is 0 Å². The van der Waals surface area contributed by atoms with Crippen molar-refractivity contribution in [2.75, 3.05) is 0 Å². The van der Waals surface area contributed by atoms with E-state index in [4.69, 9.17) is 10.5 Å². The summed E-state index contributed by atoms with van der Waals surface area (Å²) in [5, 5.41) is 17.5. The fourth-order valence-corrected chi connectivity index (χ4v) is 3.79. The van der Waals surface area contributed by atoms with E-state index < -0.39 is 0 Å². The molecule has 0 fully saturated rings. The van der Waals surface area contributed by atoms with Gasteiger partial charge in [-0.15, -0.1) is 0 Å². The first-order chi connectivity index (χ1) is 7.20. The Bertz CT molecular complexity index is 393. The predicted octanol–water partition coefficient (Wildman–Crippen LogP) is 3.81. The minimum atomic E-state index is 0.0417. The summed E-state index contributed by atoms with van der Waals surface area (Å²) in [5.74, 6) is 0.0417. The molecule has 0 aliphatic heterocycles. The number of halogens is 2. The number of benzene rings is 1. The summed E-state index contributed by atoms with van der Waals surface area (Å²) in [6, 6.07) is 10.3. The summed E-state index contributed by atoms with van der Waals surface area (Å²) >= 11 is 4.51. The van der Waals surface area contributed by atoms with E-state index in [0.717, 1.165) is 12.7 Å². The van der Waals surface area contributed by atoms with E-state index in [1.807, 2.05) is 18.2 Å². The zero-order valence-corrected chi connectivity index (χ0v) is 12.2. The molecule has 0 spiro atoms. The van der Waals surface area contributed by atoms with Crippen LogP contribution in [-0.4, -0.2) is 0 Å². The fourth-order valence-electron chi connectivity index (χ4n) is 1.40. The van der Waals surface area contributed by atoms with E-state index in [1.165, 1.54) is 0 Å². The van der Waals surface area contributed by atoms with Crippen LogP contribution in [0.2, 0.25) is 0 Å². The van der Waals surface area contributed by atoms with Crippen LogP contribution in [0, 0.1) is 29.8 Å². The maximum Gasteiger partial charge on any atom is 0.0628 e. The Kier molecular flexibility index (Phi) is 5.34. The predicted molar refractivity (Wildman–Crippen MR) is 75.1 cm³/mol. The highest BCUT2D eigenvalue weighted by atomic mass is 127. The molecule has 76 valence electrons. The van der Waals surface area contributed by atoms with Gasteiger partial charge in [0.05, 0.1) is 12.1 Å². The molecule has 0 saturated heterocycles. The lowest BCUT2D eigenvalue weighted by Crippen LogP contribution is -2.02. The van der Waals surface area contributed by atoms with Crippen molar-refractivity contribution in [3.05, 3.63) is 30.9 Å². The molecule has 15 heavy (non-hydrogen) atoms. The molecular formula is C11H8I2N2. The van der Waals surface area contributed by atoms with E-state index >= 15 is 0 Å². The first kappa shape index (κ1) is 12.7. The fraction of sp³-hybridized carbons (Fsp3) is 0.273. The maximum atomic E-state index is 8.74. The van der Waals surface area contributed by atoms with Crippen LogP contribution >= 0.6 is 45.2 Å². The van der Waals surface area contributed by atoms with E-state index in [9.17, 15) is 0 Å². The molecule has 1 aromatic carbocycles. The number of hydrogen-bond donors (Lipinski definition) is 0. The molecule has 1 rings (SSSR count). The molecule has 0 N–H and O–H groups in total. The zero-order chi connectivity index (χ0) is 11.3. The number of hydrogen-bond acceptors (Lipinski definition) is 2. The summed E-state index contributed by atoms with van der Waals surface area (Å²) in [6.07, 6.45) is 0.813. The maximum absolute atomic E-state index is 8.74. The van der Waals surface area contributed by atoms with Crippen LogP contribution < -0.4 is 0 Å². The standard InChI is InChI=1S/C11H8I2N2/c12-9-2-1-3-10(13)11(9)8(4-6-14)5-7-15/h1-3,8H,4-5H2. The molecule has 0 amide bonds. The second-order valence-corrected chi connectivity index (χ2v) is 5.38. The van der Waals surface area contributed by atoms with Crippen LogP contribution in [0.4, 0.5) is 0 Å². The van der Waals surface area contributed by atoms with E-state index in [1.54, 1.807) is 0 Å². The van der Waals surface area contributed by atoms with Crippen molar-refractivity contribution >= 4 is 45.2 Å². The molecule has 0 aromatic heterocycles. The van der Waals surface area contributed by atoms with Crippen LogP contribution in [0.15, 0.2) is 18.2 Å². The number of nitrogens with zero attached hydrogens (tertiary/aromatic N) is 2. The molecule has 0 bridgehead atoms. The molecule has 0 unspecified atom stereocenters. The average molecular weight is 422 g/mol. The molecule has 1 aromatic rings. The van der Waals surface area contributed by atoms with Crippen molar-refractivity contribution in [3.8, 4) is 12.1 Å². The average Bonchev–Trinajstić information content (AvgIpc) is 2.18. The molecule has 0 aliphatic rings. The molecule has 2 nitrogen and oxygen atoms in total. The summed E-state index contributed by atoms with van der Waals surface area (Å²) in [4.78, 5) is 0. The second-order valence-electron chi connectivity index (χ2n) is 3.06. The number of nitriles is 2. The third-order valence-electron chi connectivity index (χ3n) is 2.08. The highest BCUT2D eigenvalue weighted by Gasteiger charge is 2.16. The van der Waals surface area contributed by atoms with Crippen LogP contribution in [0.3, 0.4) is 0 Å². The van der Waals surface area contributed by atoms with Gasteiger partial charge in [0.25, 0.3) is 0 Å². The molecule has 0 atom stereocenters. The number of rotatable bonds is 3. The van der Waals surface area contributed by atoms with Crippen molar-refractivity contribution in [3.63, 3.8) is 0 Å². The summed E-state index contributed by atoms with van der Waals surface area (Å²) < 4.78 is 2.27. The minimum Gasteiger partial charge on any atom is -0.198 e. The van der Waals surface area contributed by atoms with Gasteiger partial charge in [-0.25, -0.2) is 0 Å². The van der Waals surface area contributed by atoms with Gasteiger partial charge in [-0.3, -0.25) is 0 Å². The normalized spacial score (nSPS) is 9.67. The Morgan fingerprint density at radius 3 is 1.93 bits per heavy atom. The monoisotopic (exact) mass is 422 g/mol. The zero-order valence-electron chi connectivity index (χ0n) is 7.87. The minimum absolute atomic E-state index is 0.0417. The van der Waals surface area contributed by atoms with E-state index in [0.29, 0.717) is 12.8 Å². The smallest absolute Gasteiger partial charge is 0.0628 e. The lowest BCUT2D eigenvalue weighted by molar-refractivity contribution is 0.718. The summed E-state index contributed by atoms with van der Waals surface area (Å²) in [7, 11) is 0. The Labute approximate surface area is 117 Å². The van der Waals surface area contributed by atoms with Gasteiger partial charge in [-0.05, 0) is 62.9 Å². The second kappa shape index (κ2) is 6.29. The van der Waals surface area contributed by atoms with Gasteiger partial charge >= 0.3 is 0 Å². The lowest BCUT2D eigenvalue weighted by atomic mass is 9.94. The first-order valence-corrected chi connectivity index (χ1v) is 6.54. The molecule has 0 saturated carbocycles. The van der Waals surface area contributed by atoms with Gasteiger partial charge < -0.3 is 0 Å². The van der Waals surface area contributed by atoms with Crippen molar-refractivity contribution in [2.45, 2.75) is 18.8 Å². The van der Waals surface area contributed by atoms with Crippen LogP contribution in [0.5, 0.6) is 0 Å². The summed E-state index contributed by atoms with van der Waals surface area (Å²) in [5.41, 5.74) is 1.14. The van der Waals surface area contributed by atoms with Crippen LogP contribution in [0.1, 0.15) is 24.3 Å². The van der Waals surface area contributed by atoms with Crippen molar-refractivity contribution in [1.82, 2.24) is 0 Å². The molecular weight excluding hydrogens is 414 g/mol. The Hall–Kier alpha value is -0.340. The van der Waals surface area contributed by atoms with Crippen molar-refractivity contribution in [2.24, 2.45) is 0 Å². The molecule has 0 heterocycles. The third-order valence-corrected chi connectivity index (χ3v) is 3.96. The molecule has 4 heteroatoms. The van der Waals surface area contributed by atoms with Crippen LogP contribution in [-0.2, 0) is 0 Å². The van der Waals surface area contributed by atoms with Gasteiger partial charge in [0.2, 0.25) is 0 Å². The highest BCUT2D eigenvalue weighted by Crippen LogP contribution is 2.31. The summed E-state index contributed by atoms with van der Waals surface area (Å²) in [6.45, 7) is 0. The molecule has 0 aliphatic carbocycles. The molecule has 0 radical (unpaired) electrons. The van der Waals surface area contributed by atoms with Crippen molar-refractivity contribution < 1.29 is 0 Å². The lowest BCUT2D eigenvalue weighted by Gasteiger charge is -2.14. The Morgan fingerprint density at radius 2 is 1.53 bits per heavy atom. The first-order valence-electron chi connectivity index (χ1n) is 4.38. The van der Waals surface area contributed by atoms with E-state index in [-0.39, 0.29) is 5.92 Å². The highest BCUT2D eigenvalue weighted by molar-refractivity contribution is 14.1. The van der Waals surface area contributed by atoms with Crippen molar-refractivity contribution in [1.29, 1.82) is 10.5 Å². The SMILES string of the molecule is N#CCC(CC#N)c1c(I)cccc1I.